The molecular weight excluding hydrogens is 180 g/mol. The van der Waals surface area contributed by atoms with Gasteiger partial charge in [-0.05, 0) is 34.6 Å². The van der Waals surface area contributed by atoms with Gasteiger partial charge in [-0.2, -0.15) is 0 Å². The van der Waals surface area contributed by atoms with E-state index in [9.17, 15) is 4.79 Å². The summed E-state index contributed by atoms with van der Waals surface area (Å²) >= 11 is 0. The maximum atomic E-state index is 11.7. The number of rotatable bonds is 0. The zero-order valence-corrected chi connectivity index (χ0v) is 9.63. The summed E-state index contributed by atoms with van der Waals surface area (Å²) in [4.78, 5) is 13.3. The monoisotopic (exact) mass is 200 g/mol. The van der Waals surface area contributed by atoms with Crippen LogP contribution in [0.4, 0.5) is 4.79 Å². The highest BCUT2D eigenvalue weighted by atomic mass is 16.6. The average molecular weight is 200 g/mol. The van der Waals surface area contributed by atoms with Crippen LogP contribution in [0.15, 0.2) is 0 Å². The van der Waals surface area contributed by atoms with Crippen LogP contribution in [-0.2, 0) is 4.74 Å². The maximum Gasteiger partial charge on any atom is 0.410 e. The van der Waals surface area contributed by atoms with Crippen molar-refractivity contribution in [1.82, 2.24) is 4.90 Å². The maximum absolute atomic E-state index is 11.7. The SMILES string of the molecule is CC(C)(C)OC(=O)N1CC(N)C1(C)C. The first-order chi connectivity index (χ1) is 6.14. The van der Waals surface area contributed by atoms with Crippen LogP contribution < -0.4 is 5.73 Å². The van der Waals surface area contributed by atoms with Crippen LogP contribution in [0, 0.1) is 0 Å². The van der Waals surface area contributed by atoms with Crippen molar-refractivity contribution in [2.24, 2.45) is 5.73 Å². The quantitative estimate of drug-likeness (QED) is 0.642. The standard InChI is InChI=1S/C10H20N2O2/c1-9(2,3)14-8(13)12-6-7(11)10(12,4)5/h7H,6,11H2,1-5H3. The van der Waals surface area contributed by atoms with Crippen LogP contribution in [-0.4, -0.2) is 34.7 Å². The number of likely N-dealkylation sites (tertiary alicyclic amines) is 1. The molecule has 2 N–H and O–H groups in total. The van der Waals surface area contributed by atoms with Gasteiger partial charge >= 0.3 is 6.09 Å². The zero-order chi connectivity index (χ0) is 11.1. The molecule has 0 aromatic carbocycles. The summed E-state index contributed by atoms with van der Waals surface area (Å²) in [5.41, 5.74) is 5.09. The molecule has 1 atom stereocenters. The van der Waals surface area contributed by atoms with Gasteiger partial charge in [0.1, 0.15) is 5.60 Å². The number of carbonyl (C=O) groups is 1. The second kappa shape index (κ2) is 3.12. The molecule has 0 bridgehead atoms. The number of nitrogens with zero attached hydrogens (tertiary/aromatic N) is 1. The van der Waals surface area contributed by atoms with Crippen LogP contribution >= 0.6 is 0 Å². The third-order valence-corrected chi connectivity index (χ3v) is 2.60. The Bertz CT molecular complexity index is 243. The van der Waals surface area contributed by atoms with E-state index >= 15 is 0 Å². The molecule has 4 nitrogen and oxygen atoms in total. The van der Waals surface area contributed by atoms with E-state index in [-0.39, 0.29) is 17.7 Å². The van der Waals surface area contributed by atoms with Crippen LogP contribution in [0.5, 0.6) is 0 Å². The van der Waals surface area contributed by atoms with Crippen molar-refractivity contribution in [3.05, 3.63) is 0 Å². The fraction of sp³-hybridized carbons (Fsp3) is 0.900. The third kappa shape index (κ3) is 2.00. The van der Waals surface area contributed by atoms with Crippen molar-refractivity contribution in [3.63, 3.8) is 0 Å². The summed E-state index contributed by atoms with van der Waals surface area (Å²) in [5.74, 6) is 0. The number of carbonyl (C=O) groups excluding carboxylic acids is 1. The normalized spacial score (nSPS) is 25.6. The topological polar surface area (TPSA) is 55.6 Å². The second-order valence-electron chi connectivity index (χ2n) is 5.35. The van der Waals surface area contributed by atoms with Crippen LogP contribution in [0.25, 0.3) is 0 Å². The van der Waals surface area contributed by atoms with Gasteiger partial charge in [-0.1, -0.05) is 0 Å². The molecule has 1 amide bonds. The summed E-state index contributed by atoms with van der Waals surface area (Å²) in [6.07, 6.45) is -0.274. The predicted octanol–water partition coefficient (Wildman–Crippen LogP) is 1.34. The Morgan fingerprint density at radius 3 is 2.29 bits per heavy atom. The largest absolute Gasteiger partial charge is 0.444 e. The lowest BCUT2D eigenvalue weighted by atomic mass is 9.84. The van der Waals surface area contributed by atoms with E-state index in [1.807, 2.05) is 34.6 Å². The second-order valence-corrected chi connectivity index (χ2v) is 5.35. The van der Waals surface area contributed by atoms with E-state index in [4.69, 9.17) is 10.5 Å². The van der Waals surface area contributed by atoms with E-state index in [0.29, 0.717) is 6.54 Å². The van der Waals surface area contributed by atoms with Crippen LogP contribution in [0.1, 0.15) is 34.6 Å². The van der Waals surface area contributed by atoms with Crippen molar-refractivity contribution in [3.8, 4) is 0 Å². The first-order valence-corrected chi connectivity index (χ1v) is 4.91. The molecule has 1 saturated heterocycles. The van der Waals surface area contributed by atoms with Crippen LogP contribution in [0.2, 0.25) is 0 Å². The lowest BCUT2D eigenvalue weighted by Crippen LogP contribution is -2.72. The number of ether oxygens (including phenoxy) is 1. The molecule has 0 radical (unpaired) electrons. The van der Waals surface area contributed by atoms with Crippen LogP contribution in [0.3, 0.4) is 0 Å². The average Bonchev–Trinajstić information content (AvgIpc) is 1.96. The fourth-order valence-electron chi connectivity index (χ4n) is 1.37. The molecule has 0 saturated carbocycles. The molecule has 1 heterocycles. The van der Waals surface area contributed by atoms with Crippen molar-refractivity contribution in [2.45, 2.75) is 51.8 Å². The van der Waals surface area contributed by atoms with Gasteiger partial charge in [0, 0.05) is 12.6 Å². The highest BCUT2D eigenvalue weighted by Gasteiger charge is 2.48. The van der Waals surface area contributed by atoms with Gasteiger partial charge in [-0.15, -0.1) is 0 Å². The molecule has 82 valence electrons. The van der Waals surface area contributed by atoms with Crippen molar-refractivity contribution in [2.75, 3.05) is 6.54 Å². The van der Waals surface area contributed by atoms with Gasteiger partial charge < -0.3 is 10.5 Å². The zero-order valence-electron chi connectivity index (χ0n) is 9.63. The number of nitrogens with two attached hydrogens (primary N) is 1. The minimum absolute atomic E-state index is 0.0509. The van der Waals surface area contributed by atoms with Gasteiger partial charge in [0.05, 0.1) is 5.54 Å². The minimum Gasteiger partial charge on any atom is -0.444 e. The molecule has 0 aromatic rings. The Hall–Kier alpha value is -0.770. The molecule has 1 aliphatic rings. The fourth-order valence-corrected chi connectivity index (χ4v) is 1.37. The number of amides is 1. The van der Waals surface area contributed by atoms with Gasteiger partial charge in [0.2, 0.25) is 0 Å². The van der Waals surface area contributed by atoms with Gasteiger partial charge in [-0.25, -0.2) is 4.79 Å². The highest BCUT2D eigenvalue weighted by Crippen LogP contribution is 2.30. The van der Waals surface area contributed by atoms with E-state index in [1.165, 1.54) is 0 Å². The Labute approximate surface area is 85.4 Å². The Kier molecular flexibility index (Phi) is 2.52. The lowest BCUT2D eigenvalue weighted by Gasteiger charge is -2.53. The smallest absolute Gasteiger partial charge is 0.410 e. The molecule has 0 aliphatic carbocycles. The highest BCUT2D eigenvalue weighted by molar-refractivity contribution is 5.70. The molecule has 14 heavy (non-hydrogen) atoms. The Morgan fingerprint density at radius 2 is 2.00 bits per heavy atom. The summed E-state index contributed by atoms with van der Waals surface area (Å²) in [6, 6.07) is 0.0509. The summed E-state index contributed by atoms with van der Waals surface area (Å²) in [5, 5.41) is 0. The number of hydrogen-bond acceptors (Lipinski definition) is 3. The third-order valence-electron chi connectivity index (χ3n) is 2.60. The number of hydrogen-bond donors (Lipinski definition) is 1. The molecule has 0 spiro atoms. The summed E-state index contributed by atoms with van der Waals surface area (Å²) in [6.45, 7) is 10.1. The van der Waals surface area contributed by atoms with E-state index < -0.39 is 5.60 Å². The van der Waals surface area contributed by atoms with E-state index in [1.54, 1.807) is 4.90 Å². The molecule has 1 rings (SSSR count). The van der Waals surface area contributed by atoms with Crippen molar-refractivity contribution < 1.29 is 9.53 Å². The summed E-state index contributed by atoms with van der Waals surface area (Å²) < 4.78 is 5.26. The minimum atomic E-state index is -0.438. The van der Waals surface area contributed by atoms with Crippen molar-refractivity contribution >= 4 is 6.09 Å². The first kappa shape index (κ1) is 11.3. The van der Waals surface area contributed by atoms with Gasteiger partial charge in [0.15, 0.2) is 0 Å². The van der Waals surface area contributed by atoms with E-state index in [2.05, 4.69) is 0 Å². The molecule has 1 fully saturated rings. The molecule has 4 heteroatoms. The molecule has 1 unspecified atom stereocenters. The molecule has 0 aromatic heterocycles. The predicted molar refractivity (Wildman–Crippen MR) is 55.0 cm³/mol. The Morgan fingerprint density at radius 1 is 1.50 bits per heavy atom. The van der Waals surface area contributed by atoms with E-state index in [0.717, 1.165) is 0 Å². The summed E-state index contributed by atoms with van der Waals surface area (Å²) in [7, 11) is 0. The first-order valence-electron chi connectivity index (χ1n) is 4.91. The Balaban J connectivity index is 2.57. The lowest BCUT2D eigenvalue weighted by molar-refractivity contribution is -0.0422. The molecular formula is C10H20N2O2. The van der Waals surface area contributed by atoms with Gasteiger partial charge in [0.25, 0.3) is 0 Å². The van der Waals surface area contributed by atoms with Gasteiger partial charge in [-0.3, -0.25) is 4.90 Å². The molecule has 1 aliphatic heterocycles. The van der Waals surface area contributed by atoms with Crippen molar-refractivity contribution in [1.29, 1.82) is 0 Å².